The third-order valence-corrected chi connectivity index (χ3v) is 3.16. The third-order valence-electron chi connectivity index (χ3n) is 2.53. The lowest BCUT2D eigenvalue weighted by Gasteiger charge is -2.06. The molecule has 8 heteroatoms. The van der Waals surface area contributed by atoms with Crippen LogP contribution < -0.4 is 4.74 Å². The van der Waals surface area contributed by atoms with Gasteiger partial charge in [0.1, 0.15) is 5.75 Å². The predicted octanol–water partition coefficient (Wildman–Crippen LogP) is 2.12. The van der Waals surface area contributed by atoms with E-state index in [1.54, 1.807) is 31.2 Å². The Morgan fingerprint density at radius 3 is 2.85 bits per heavy atom. The summed E-state index contributed by atoms with van der Waals surface area (Å²) in [5, 5.41) is 11.2. The molecule has 0 amide bonds. The Hall–Kier alpha value is -2.61. The first-order valence-corrected chi connectivity index (χ1v) is 6.40. The zero-order valence-electron chi connectivity index (χ0n) is 10.3. The highest BCUT2D eigenvalue weighted by atomic mass is 32.1. The van der Waals surface area contributed by atoms with E-state index in [1.807, 2.05) is 0 Å². The van der Waals surface area contributed by atoms with Crippen LogP contribution in [-0.4, -0.2) is 25.8 Å². The van der Waals surface area contributed by atoms with Crippen molar-refractivity contribution in [3.05, 3.63) is 41.2 Å². The minimum atomic E-state index is -0.566. The fraction of sp³-hybridized carbons (Fsp3) is 0.0833. The highest BCUT2D eigenvalue weighted by Gasteiger charge is 2.19. The number of aromatic nitrogens is 4. The maximum absolute atomic E-state index is 12.0. The molecule has 3 aromatic rings. The lowest BCUT2D eigenvalue weighted by Crippen LogP contribution is -2.11. The SMILES string of the molecule is Cc1snnc1C(=O)Oc1ccccc1-c1nnco1. The van der Waals surface area contributed by atoms with Gasteiger partial charge in [-0.3, -0.25) is 0 Å². The first-order chi connectivity index (χ1) is 9.75. The minimum absolute atomic E-state index is 0.204. The molecule has 3 rings (SSSR count). The van der Waals surface area contributed by atoms with Crippen molar-refractivity contribution in [2.45, 2.75) is 6.92 Å². The van der Waals surface area contributed by atoms with Crippen LogP contribution in [0.2, 0.25) is 0 Å². The maximum Gasteiger partial charge on any atom is 0.365 e. The number of hydrogen-bond donors (Lipinski definition) is 0. The van der Waals surface area contributed by atoms with Crippen molar-refractivity contribution in [2.75, 3.05) is 0 Å². The van der Waals surface area contributed by atoms with Gasteiger partial charge < -0.3 is 9.15 Å². The Kier molecular flexibility index (Phi) is 3.21. The lowest BCUT2D eigenvalue weighted by atomic mass is 10.2. The van der Waals surface area contributed by atoms with Gasteiger partial charge in [0, 0.05) is 0 Å². The number of para-hydroxylation sites is 1. The Morgan fingerprint density at radius 1 is 1.30 bits per heavy atom. The summed E-state index contributed by atoms with van der Waals surface area (Å²) in [6.07, 6.45) is 1.21. The van der Waals surface area contributed by atoms with Crippen LogP contribution in [0.1, 0.15) is 15.4 Å². The highest BCUT2D eigenvalue weighted by Crippen LogP contribution is 2.28. The molecule has 0 fully saturated rings. The summed E-state index contributed by atoms with van der Waals surface area (Å²) in [5.41, 5.74) is 0.745. The molecule has 0 unspecified atom stereocenters. The van der Waals surface area contributed by atoms with Gasteiger partial charge in [-0.05, 0) is 30.6 Å². The molecule has 2 heterocycles. The molecule has 20 heavy (non-hydrogen) atoms. The van der Waals surface area contributed by atoms with Crippen LogP contribution >= 0.6 is 11.5 Å². The quantitative estimate of drug-likeness (QED) is 0.538. The van der Waals surface area contributed by atoms with E-state index in [-0.39, 0.29) is 11.6 Å². The molecular weight excluding hydrogens is 280 g/mol. The molecule has 0 bridgehead atoms. The number of rotatable bonds is 3. The average Bonchev–Trinajstić information content (AvgIpc) is 3.10. The van der Waals surface area contributed by atoms with E-state index in [1.165, 1.54) is 6.39 Å². The number of benzene rings is 1. The molecular formula is C12H8N4O3S. The van der Waals surface area contributed by atoms with Crippen molar-refractivity contribution in [3.8, 4) is 17.2 Å². The van der Waals surface area contributed by atoms with E-state index < -0.39 is 5.97 Å². The first-order valence-electron chi connectivity index (χ1n) is 5.62. The summed E-state index contributed by atoms with van der Waals surface area (Å²) in [4.78, 5) is 12.7. The van der Waals surface area contributed by atoms with E-state index in [0.29, 0.717) is 16.2 Å². The van der Waals surface area contributed by atoms with E-state index >= 15 is 0 Å². The van der Waals surface area contributed by atoms with E-state index in [0.717, 1.165) is 11.5 Å². The van der Waals surface area contributed by atoms with E-state index in [4.69, 9.17) is 9.15 Å². The second-order valence-corrected chi connectivity index (χ2v) is 4.77. The molecule has 0 saturated heterocycles. The number of nitrogens with zero attached hydrogens (tertiary/aromatic N) is 4. The van der Waals surface area contributed by atoms with Crippen LogP contribution in [0.4, 0.5) is 0 Å². The Labute approximate surface area is 117 Å². The fourth-order valence-corrected chi connectivity index (χ4v) is 2.05. The van der Waals surface area contributed by atoms with Gasteiger partial charge >= 0.3 is 5.97 Å². The van der Waals surface area contributed by atoms with Crippen molar-refractivity contribution in [1.29, 1.82) is 0 Å². The van der Waals surface area contributed by atoms with Gasteiger partial charge in [-0.2, -0.15) is 0 Å². The van der Waals surface area contributed by atoms with Crippen molar-refractivity contribution in [2.24, 2.45) is 0 Å². The largest absolute Gasteiger partial charge is 0.423 e. The molecule has 0 radical (unpaired) electrons. The number of carbonyl (C=O) groups excluding carboxylic acids is 1. The third kappa shape index (κ3) is 2.28. The lowest BCUT2D eigenvalue weighted by molar-refractivity contribution is 0.0728. The van der Waals surface area contributed by atoms with Gasteiger partial charge in [0.25, 0.3) is 5.89 Å². The standard InChI is InChI=1S/C12H8N4O3S/c1-7-10(14-16-20-7)12(17)19-9-5-3-2-4-8(9)11-15-13-6-18-11/h2-6H,1H3. The van der Waals surface area contributed by atoms with Gasteiger partial charge in [0.2, 0.25) is 6.39 Å². The minimum Gasteiger partial charge on any atom is -0.423 e. The molecule has 1 aromatic carbocycles. The summed E-state index contributed by atoms with van der Waals surface area (Å²) in [5.74, 6) is 0.0406. The predicted molar refractivity (Wildman–Crippen MR) is 69.3 cm³/mol. The molecule has 0 saturated carbocycles. The van der Waals surface area contributed by atoms with Crippen molar-refractivity contribution in [3.63, 3.8) is 0 Å². The first kappa shape index (κ1) is 12.4. The zero-order chi connectivity index (χ0) is 13.9. The topological polar surface area (TPSA) is 91.0 Å². The monoisotopic (exact) mass is 288 g/mol. The van der Waals surface area contributed by atoms with Crippen LogP contribution in [0.5, 0.6) is 5.75 Å². The molecule has 0 aliphatic heterocycles. The zero-order valence-corrected chi connectivity index (χ0v) is 11.1. The smallest absolute Gasteiger partial charge is 0.365 e. The molecule has 0 atom stereocenters. The fourth-order valence-electron chi connectivity index (χ4n) is 1.59. The van der Waals surface area contributed by atoms with Gasteiger partial charge in [-0.25, -0.2) is 4.79 Å². The normalized spacial score (nSPS) is 10.4. The van der Waals surface area contributed by atoms with Crippen LogP contribution in [-0.2, 0) is 0 Å². The molecule has 0 aliphatic carbocycles. The molecule has 0 aliphatic rings. The summed E-state index contributed by atoms with van der Waals surface area (Å²) in [6.45, 7) is 1.76. The number of aryl methyl sites for hydroxylation is 1. The van der Waals surface area contributed by atoms with Crippen LogP contribution in [0.25, 0.3) is 11.5 Å². The van der Waals surface area contributed by atoms with Gasteiger partial charge in [0.05, 0.1) is 10.4 Å². The number of esters is 1. The number of carbonyl (C=O) groups is 1. The van der Waals surface area contributed by atoms with Gasteiger partial charge in [0.15, 0.2) is 5.69 Å². The summed E-state index contributed by atoms with van der Waals surface area (Å²) in [7, 11) is 0. The van der Waals surface area contributed by atoms with Crippen molar-refractivity contribution >= 4 is 17.5 Å². The van der Waals surface area contributed by atoms with Crippen LogP contribution in [0.3, 0.4) is 0 Å². The van der Waals surface area contributed by atoms with Crippen molar-refractivity contribution < 1.29 is 13.9 Å². The molecule has 2 aromatic heterocycles. The van der Waals surface area contributed by atoms with Gasteiger partial charge in [-0.1, -0.05) is 16.6 Å². The number of hydrogen-bond acceptors (Lipinski definition) is 8. The molecule has 0 N–H and O–H groups in total. The van der Waals surface area contributed by atoms with Gasteiger partial charge in [-0.15, -0.1) is 15.3 Å². The van der Waals surface area contributed by atoms with E-state index in [9.17, 15) is 4.79 Å². The average molecular weight is 288 g/mol. The Morgan fingerprint density at radius 2 is 2.15 bits per heavy atom. The summed E-state index contributed by atoms with van der Waals surface area (Å²) < 4.78 is 14.2. The summed E-state index contributed by atoms with van der Waals surface area (Å²) >= 11 is 1.14. The van der Waals surface area contributed by atoms with Crippen molar-refractivity contribution in [1.82, 2.24) is 19.8 Å². The Balaban J connectivity index is 1.92. The second kappa shape index (κ2) is 5.17. The molecule has 0 spiro atoms. The number of ether oxygens (including phenoxy) is 1. The Bertz CT molecular complexity index is 739. The highest BCUT2D eigenvalue weighted by molar-refractivity contribution is 7.05. The maximum atomic E-state index is 12.0. The molecule has 100 valence electrons. The van der Waals surface area contributed by atoms with Crippen LogP contribution in [0, 0.1) is 6.92 Å². The van der Waals surface area contributed by atoms with E-state index in [2.05, 4.69) is 19.8 Å². The van der Waals surface area contributed by atoms with Crippen LogP contribution in [0.15, 0.2) is 35.1 Å². The molecule has 7 nitrogen and oxygen atoms in total. The second-order valence-electron chi connectivity index (χ2n) is 3.81. The summed E-state index contributed by atoms with van der Waals surface area (Å²) in [6, 6.07) is 6.90.